The van der Waals surface area contributed by atoms with Crippen LogP contribution in [0.4, 0.5) is 0 Å². The normalized spacial score (nSPS) is 30.0. The highest BCUT2D eigenvalue weighted by molar-refractivity contribution is 5.91. The summed E-state index contributed by atoms with van der Waals surface area (Å²) >= 11 is 0. The van der Waals surface area contributed by atoms with Crippen LogP contribution in [0.2, 0.25) is 0 Å². The molecule has 122 valence electrons. The number of carbonyl (C=O) groups is 2. The summed E-state index contributed by atoms with van der Waals surface area (Å²) in [4.78, 5) is 25.3. The van der Waals surface area contributed by atoms with Crippen LogP contribution >= 0.6 is 0 Å². The van der Waals surface area contributed by atoms with Crippen molar-refractivity contribution in [3.63, 3.8) is 0 Å². The van der Waals surface area contributed by atoms with Crippen LogP contribution in [0.3, 0.4) is 0 Å². The molecule has 2 N–H and O–H groups in total. The first-order valence-electron chi connectivity index (χ1n) is 7.87. The first-order chi connectivity index (χ1) is 10.7. The van der Waals surface area contributed by atoms with Crippen LogP contribution in [-0.4, -0.2) is 60.5 Å². The molecule has 7 heteroatoms. The van der Waals surface area contributed by atoms with Gasteiger partial charge in [0.25, 0.3) is 0 Å². The molecule has 0 bridgehead atoms. The second kappa shape index (κ2) is 6.66. The third-order valence-corrected chi connectivity index (χ3v) is 4.51. The van der Waals surface area contributed by atoms with Gasteiger partial charge in [0.1, 0.15) is 5.76 Å². The lowest BCUT2D eigenvalue weighted by Gasteiger charge is -2.33. The van der Waals surface area contributed by atoms with E-state index in [1.165, 1.54) is 11.0 Å². The lowest BCUT2D eigenvalue weighted by Crippen LogP contribution is -2.55. The monoisotopic (exact) mass is 310 g/mol. The molecule has 7 nitrogen and oxygen atoms in total. The summed E-state index contributed by atoms with van der Waals surface area (Å²) in [6.45, 7) is 2.16. The van der Waals surface area contributed by atoms with Gasteiger partial charge in [0.2, 0.25) is 5.91 Å². The van der Waals surface area contributed by atoms with Crippen LogP contribution in [0.1, 0.15) is 25.7 Å². The largest absolute Gasteiger partial charge is 0.472 e. The number of hydrogen-bond donors (Lipinski definition) is 2. The van der Waals surface area contributed by atoms with E-state index in [1.54, 1.807) is 0 Å². The molecule has 3 saturated heterocycles. The number of β-lactam (4-membered cyclic amide) rings is 1. The van der Waals surface area contributed by atoms with Gasteiger partial charge in [-0.2, -0.15) is 0 Å². The highest BCUT2D eigenvalue weighted by atomic mass is 16.6. The molecule has 1 amide bonds. The van der Waals surface area contributed by atoms with Crippen molar-refractivity contribution in [3.05, 3.63) is 11.8 Å². The topological polar surface area (TPSA) is 88.1 Å². The van der Waals surface area contributed by atoms with Crippen molar-refractivity contribution in [2.45, 2.75) is 38.0 Å². The Morgan fingerprint density at radius 1 is 1.45 bits per heavy atom. The number of nitrogens with one attached hydrogen (secondary N) is 1. The molecule has 0 aromatic carbocycles. The molecule has 0 aromatic rings. The SMILES string of the molecule is O=C(OCCC1CCNCC1)[C@H]1/C(=C/CO)O[C@@H]2CC(=O)N21. The maximum absolute atomic E-state index is 12.3. The van der Waals surface area contributed by atoms with Crippen molar-refractivity contribution in [3.8, 4) is 0 Å². The highest BCUT2D eigenvalue weighted by Crippen LogP contribution is 2.36. The number of fused-ring (bicyclic) bond motifs is 1. The van der Waals surface area contributed by atoms with Gasteiger partial charge in [0.05, 0.1) is 19.6 Å². The van der Waals surface area contributed by atoms with E-state index in [1.807, 2.05) is 0 Å². The molecule has 0 saturated carbocycles. The number of hydrogen-bond acceptors (Lipinski definition) is 6. The van der Waals surface area contributed by atoms with E-state index >= 15 is 0 Å². The fraction of sp³-hybridized carbons (Fsp3) is 0.733. The first kappa shape index (κ1) is 15.3. The quantitative estimate of drug-likeness (QED) is 0.538. The molecule has 22 heavy (non-hydrogen) atoms. The molecule has 3 fully saturated rings. The van der Waals surface area contributed by atoms with Crippen molar-refractivity contribution in [2.24, 2.45) is 5.92 Å². The molecule has 0 aliphatic carbocycles. The molecule has 0 unspecified atom stereocenters. The summed E-state index contributed by atoms with van der Waals surface area (Å²) in [5.41, 5.74) is 0. The van der Waals surface area contributed by atoms with Gasteiger partial charge in [-0.05, 0) is 44.3 Å². The number of amides is 1. The summed E-state index contributed by atoms with van der Waals surface area (Å²) in [6.07, 6.45) is 4.37. The number of rotatable bonds is 5. The van der Waals surface area contributed by atoms with E-state index < -0.39 is 12.0 Å². The minimum absolute atomic E-state index is 0.119. The van der Waals surface area contributed by atoms with Gasteiger partial charge in [0, 0.05) is 0 Å². The fourth-order valence-corrected chi connectivity index (χ4v) is 3.22. The molecular weight excluding hydrogens is 288 g/mol. The number of esters is 1. The van der Waals surface area contributed by atoms with Crippen LogP contribution in [0.25, 0.3) is 0 Å². The zero-order valence-corrected chi connectivity index (χ0v) is 12.5. The zero-order chi connectivity index (χ0) is 15.5. The number of aliphatic hydroxyl groups excluding tert-OH is 1. The van der Waals surface area contributed by atoms with Crippen LogP contribution in [0.5, 0.6) is 0 Å². The minimum Gasteiger partial charge on any atom is -0.472 e. The maximum atomic E-state index is 12.3. The molecular formula is C15H22N2O5. The fourth-order valence-electron chi connectivity index (χ4n) is 3.22. The predicted molar refractivity (Wildman–Crippen MR) is 76.5 cm³/mol. The van der Waals surface area contributed by atoms with Crippen LogP contribution in [0, 0.1) is 5.92 Å². The molecule has 3 aliphatic rings. The molecule has 3 heterocycles. The molecule has 0 aromatic heterocycles. The van der Waals surface area contributed by atoms with Crippen molar-refractivity contribution in [2.75, 3.05) is 26.3 Å². The second-order valence-corrected chi connectivity index (χ2v) is 5.92. The number of piperidine rings is 1. The number of carbonyl (C=O) groups excluding carboxylic acids is 2. The minimum atomic E-state index is -0.827. The Morgan fingerprint density at radius 3 is 2.91 bits per heavy atom. The Morgan fingerprint density at radius 2 is 2.23 bits per heavy atom. The van der Waals surface area contributed by atoms with Gasteiger partial charge in [-0.1, -0.05) is 0 Å². The molecule has 2 atom stereocenters. The highest BCUT2D eigenvalue weighted by Gasteiger charge is 2.54. The molecule has 0 spiro atoms. The van der Waals surface area contributed by atoms with Gasteiger partial charge in [-0.3, -0.25) is 9.69 Å². The van der Waals surface area contributed by atoms with E-state index in [0.29, 0.717) is 18.3 Å². The summed E-state index contributed by atoms with van der Waals surface area (Å²) in [7, 11) is 0. The van der Waals surface area contributed by atoms with Crippen LogP contribution in [0.15, 0.2) is 11.8 Å². The molecule has 3 rings (SSSR count). The third-order valence-electron chi connectivity index (χ3n) is 4.51. The van der Waals surface area contributed by atoms with E-state index in [9.17, 15) is 9.59 Å². The van der Waals surface area contributed by atoms with Crippen LogP contribution < -0.4 is 5.32 Å². The lowest BCUT2D eigenvalue weighted by molar-refractivity contribution is -0.165. The lowest BCUT2D eigenvalue weighted by atomic mass is 9.95. The maximum Gasteiger partial charge on any atom is 0.336 e. The Kier molecular flexibility index (Phi) is 4.63. The molecule has 3 aliphatic heterocycles. The molecule has 0 radical (unpaired) electrons. The second-order valence-electron chi connectivity index (χ2n) is 5.92. The van der Waals surface area contributed by atoms with Crippen molar-refractivity contribution < 1.29 is 24.2 Å². The Balaban J connectivity index is 1.53. The van der Waals surface area contributed by atoms with E-state index in [0.717, 1.165) is 32.4 Å². The zero-order valence-electron chi connectivity index (χ0n) is 12.5. The van der Waals surface area contributed by atoms with Crippen molar-refractivity contribution in [1.29, 1.82) is 0 Å². The average molecular weight is 310 g/mol. The number of aliphatic hydroxyl groups is 1. The summed E-state index contributed by atoms with van der Waals surface area (Å²) in [6, 6.07) is -0.827. The summed E-state index contributed by atoms with van der Waals surface area (Å²) < 4.78 is 10.8. The van der Waals surface area contributed by atoms with Gasteiger partial charge in [-0.15, -0.1) is 0 Å². The van der Waals surface area contributed by atoms with Crippen molar-refractivity contribution >= 4 is 11.9 Å². The van der Waals surface area contributed by atoms with Gasteiger partial charge in [-0.25, -0.2) is 4.79 Å². The number of ether oxygens (including phenoxy) is 2. The first-order valence-corrected chi connectivity index (χ1v) is 7.87. The third kappa shape index (κ3) is 2.96. The average Bonchev–Trinajstić information content (AvgIpc) is 2.81. The van der Waals surface area contributed by atoms with Gasteiger partial charge < -0.3 is 19.9 Å². The Hall–Kier alpha value is -1.60. The van der Waals surface area contributed by atoms with Crippen LogP contribution in [-0.2, 0) is 19.1 Å². The van der Waals surface area contributed by atoms with Gasteiger partial charge >= 0.3 is 5.97 Å². The smallest absolute Gasteiger partial charge is 0.336 e. The van der Waals surface area contributed by atoms with E-state index in [-0.39, 0.29) is 25.2 Å². The Bertz CT molecular complexity index is 473. The predicted octanol–water partition coefficient (Wildman–Crippen LogP) is -0.247. The Labute approximate surface area is 129 Å². The summed E-state index contributed by atoms with van der Waals surface area (Å²) in [5.74, 6) is 0.320. The van der Waals surface area contributed by atoms with E-state index in [2.05, 4.69) is 5.32 Å². The standard InChI is InChI=1S/C15H22N2O5/c18-7-3-11-14(17-12(19)9-13(17)22-11)15(20)21-8-4-10-1-5-16-6-2-10/h3,10,13-14,16,18H,1-2,4-9H2/b11-3-/t13-,14-/m1/s1. The van der Waals surface area contributed by atoms with E-state index in [4.69, 9.17) is 14.6 Å². The summed E-state index contributed by atoms with van der Waals surface area (Å²) in [5, 5.41) is 12.3. The number of nitrogens with zero attached hydrogens (tertiary/aromatic N) is 1. The van der Waals surface area contributed by atoms with Gasteiger partial charge in [0.15, 0.2) is 12.3 Å². The van der Waals surface area contributed by atoms with Crippen molar-refractivity contribution in [1.82, 2.24) is 10.2 Å².